The van der Waals surface area contributed by atoms with Gasteiger partial charge in [-0.15, -0.1) is 0 Å². The summed E-state index contributed by atoms with van der Waals surface area (Å²) >= 11 is 1.72. The van der Waals surface area contributed by atoms with Crippen molar-refractivity contribution in [2.75, 3.05) is 11.9 Å². The summed E-state index contributed by atoms with van der Waals surface area (Å²) < 4.78 is 6.07. The Bertz CT molecular complexity index is 370. The molecule has 0 radical (unpaired) electrons. The van der Waals surface area contributed by atoms with Crippen LogP contribution in [0.5, 0.6) is 0 Å². The molecule has 2 rings (SSSR count). The van der Waals surface area contributed by atoms with Crippen LogP contribution in [-0.4, -0.2) is 17.6 Å². The number of hydrogen-bond donors (Lipinski definition) is 1. The molecule has 0 aliphatic heterocycles. The SMILES string of the molecule is CCCNc1ncc(COC2CC(C)CC(C)C2)s1. The number of ether oxygens (including phenoxy) is 1. The Balaban J connectivity index is 1.76. The fraction of sp³-hybridized carbons (Fsp3) is 0.800. The van der Waals surface area contributed by atoms with Crippen molar-refractivity contribution >= 4 is 16.5 Å². The monoisotopic (exact) mass is 282 g/mol. The van der Waals surface area contributed by atoms with Crippen LogP contribution >= 0.6 is 11.3 Å². The largest absolute Gasteiger partial charge is 0.373 e. The molecule has 2 atom stereocenters. The van der Waals surface area contributed by atoms with Gasteiger partial charge in [-0.25, -0.2) is 4.98 Å². The van der Waals surface area contributed by atoms with Crippen molar-refractivity contribution in [2.24, 2.45) is 11.8 Å². The van der Waals surface area contributed by atoms with Crippen LogP contribution < -0.4 is 5.32 Å². The molecule has 1 saturated carbocycles. The topological polar surface area (TPSA) is 34.2 Å². The lowest BCUT2D eigenvalue weighted by Gasteiger charge is -2.31. The van der Waals surface area contributed by atoms with E-state index in [1.54, 1.807) is 11.3 Å². The quantitative estimate of drug-likeness (QED) is 0.844. The van der Waals surface area contributed by atoms with E-state index >= 15 is 0 Å². The maximum atomic E-state index is 6.07. The van der Waals surface area contributed by atoms with E-state index in [9.17, 15) is 0 Å². The third-order valence-electron chi connectivity index (χ3n) is 3.68. The van der Waals surface area contributed by atoms with Crippen molar-refractivity contribution in [3.8, 4) is 0 Å². The van der Waals surface area contributed by atoms with Gasteiger partial charge >= 0.3 is 0 Å². The van der Waals surface area contributed by atoms with Crippen LogP contribution in [0.1, 0.15) is 51.3 Å². The molecule has 1 heterocycles. The van der Waals surface area contributed by atoms with Gasteiger partial charge in [0.05, 0.1) is 17.6 Å². The van der Waals surface area contributed by atoms with Gasteiger partial charge in [-0.3, -0.25) is 0 Å². The summed E-state index contributed by atoms with van der Waals surface area (Å²) in [5.41, 5.74) is 0. The van der Waals surface area contributed by atoms with Crippen molar-refractivity contribution in [2.45, 2.75) is 59.2 Å². The molecule has 0 amide bonds. The summed E-state index contributed by atoms with van der Waals surface area (Å²) in [5.74, 6) is 1.61. The number of hydrogen-bond acceptors (Lipinski definition) is 4. The van der Waals surface area contributed by atoms with Crippen LogP contribution in [0, 0.1) is 11.8 Å². The zero-order chi connectivity index (χ0) is 13.7. The number of anilines is 1. The third-order valence-corrected chi connectivity index (χ3v) is 4.60. The van der Waals surface area contributed by atoms with E-state index in [-0.39, 0.29) is 0 Å². The number of aromatic nitrogens is 1. The van der Waals surface area contributed by atoms with Crippen LogP contribution in [0.25, 0.3) is 0 Å². The van der Waals surface area contributed by atoms with Gasteiger partial charge in [-0.2, -0.15) is 0 Å². The Morgan fingerprint density at radius 1 is 1.32 bits per heavy atom. The van der Waals surface area contributed by atoms with Gasteiger partial charge in [0, 0.05) is 12.7 Å². The summed E-state index contributed by atoms with van der Waals surface area (Å²) in [6.07, 6.45) is 7.29. The van der Waals surface area contributed by atoms with E-state index in [1.807, 2.05) is 6.20 Å². The highest BCUT2D eigenvalue weighted by Crippen LogP contribution is 2.31. The minimum absolute atomic E-state index is 0.438. The predicted molar refractivity (Wildman–Crippen MR) is 81.7 cm³/mol. The highest BCUT2D eigenvalue weighted by atomic mass is 32.1. The molecule has 4 heteroatoms. The molecular weight excluding hydrogens is 256 g/mol. The first-order chi connectivity index (χ1) is 9.17. The van der Waals surface area contributed by atoms with Crippen molar-refractivity contribution in [1.29, 1.82) is 0 Å². The first-order valence-electron chi connectivity index (χ1n) is 7.47. The van der Waals surface area contributed by atoms with E-state index in [1.165, 1.54) is 24.1 Å². The molecule has 1 N–H and O–H groups in total. The van der Waals surface area contributed by atoms with E-state index in [2.05, 4.69) is 31.1 Å². The van der Waals surface area contributed by atoms with Gasteiger partial charge in [0.15, 0.2) is 5.13 Å². The molecule has 0 aromatic carbocycles. The summed E-state index contributed by atoms with van der Waals surface area (Å²) in [7, 11) is 0. The molecule has 0 saturated heterocycles. The van der Waals surface area contributed by atoms with Crippen LogP contribution in [0.2, 0.25) is 0 Å². The van der Waals surface area contributed by atoms with E-state index in [4.69, 9.17) is 4.74 Å². The molecule has 1 aromatic heterocycles. The molecule has 1 aliphatic carbocycles. The number of nitrogens with one attached hydrogen (secondary N) is 1. The lowest BCUT2D eigenvalue weighted by Crippen LogP contribution is -2.26. The highest BCUT2D eigenvalue weighted by molar-refractivity contribution is 7.15. The lowest BCUT2D eigenvalue weighted by molar-refractivity contribution is -0.00809. The van der Waals surface area contributed by atoms with Gasteiger partial charge in [0.25, 0.3) is 0 Å². The van der Waals surface area contributed by atoms with E-state index < -0.39 is 0 Å². The number of thiazole rings is 1. The zero-order valence-electron chi connectivity index (χ0n) is 12.3. The Kier molecular flexibility index (Phi) is 5.64. The fourth-order valence-electron chi connectivity index (χ4n) is 2.90. The molecule has 0 bridgehead atoms. The van der Waals surface area contributed by atoms with E-state index in [0.717, 1.165) is 36.5 Å². The average Bonchev–Trinajstić information content (AvgIpc) is 2.81. The first kappa shape index (κ1) is 14.8. The third kappa shape index (κ3) is 4.77. The van der Waals surface area contributed by atoms with Crippen molar-refractivity contribution < 1.29 is 4.74 Å². The number of nitrogens with zero attached hydrogens (tertiary/aromatic N) is 1. The van der Waals surface area contributed by atoms with Gasteiger partial charge < -0.3 is 10.1 Å². The number of rotatable bonds is 6. The first-order valence-corrected chi connectivity index (χ1v) is 8.29. The zero-order valence-corrected chi connectivity index (χ0v) is 13.1. The van der Waals surface area contributed by atoms with Crippen molar-refractivity contribution in [3.05, 3.63) is 11.1 Å². The lowest BCUT2D eigenvalue weighted by atomic mass is 9.82. The van der Waals surface area contributed by atoms with E-state index in [0.29, 0.717) is 6.10 Å². The van der Waals surface area contributed by atoms with Gasteiger partial charge in [0.1, 0.15) is 0 Å². The molecule has 1 aromatic rings. The second kappa shape index (κ2) is 7.25. The normalized spacial score (nSPS) is 27.4. The maximum Gasteiger partial charge on any atom is 0.182 e. The fourth-order valence-corrected chi connectivity index (χ4v) is 3.66. The molecule has 3 nitrogen and oxygen atoms in total. The Morgan fingerprint density at radius 3 is 2.74 bits per heavy atom. The second-order valence-electron chi connectivity index (χ2n) is 5.91. The Labute approximate surface area is 120 Å². The standard InChI is InChI=1S/C15H26N2OS/c1-4-5-16-15-17-9-14(19-15)10-18-13-7-11(2)6-12(3)8-13/h9,11-13H,4-8,10H2,1-3H3,(H,16,17). The van der Waals surface area contributed by atoms with Gasteiger partial charge in [-0.05, 0) is 37.5 Å². The summed E-state index contributed by atoms with van der Waals surface area (Å²) in [5, 5.41) is 4.34. The van der Waals surface area contributed by atoms with Crippen LogP contribution in [0.3, 0.4) is 0 Å². The van der Waals surface area contributed by atoms with Crippen LogP contribution in [0.4, 0.5) is 5.13 Å². The predicted octanol–water partition coefficient (Wildman–Crippen LogP) is 4.31. The van der Waals surface area contributed by atoms with Gasteiger partial charge in [0.2, 0.25) is 0 Å². The van der Waals surface area contributed by atoms with Crippen LogP contribution in [0.15, 0.2) is 6.20 Å². The molecule has 1 aliphatic rings. The average molecular weight is 282 g/mol. The molecule has 1 fully saturated rings. The smallest absolute Gasteiger partial charge is 0.182 e. The summed E-state index contributed by atoms with van der Waals surface area (Å²) in [6.45, 7) is 8.55. The van der Waals surface area contributed by atoms with Crippen molar-refractivity contribution in [1.82, 2.24) is 4.98 Å². The molecule has 2 unspecified atom stereocenters. The molecule has 19 heavy (non-hydrogen) atoms. The Morgan fingerprint density at radius 2 is 2.05 bits per heavy atom. The molecule has 108 valence electrons. The van der Waals surface area contributed by atoms with Crippen LogP contribution in [-0.2, 0) is 11.3 Å². The highest BCUT2D eigenvalue weighted by Gasteiger charge is 2.24. The maximum absolute atomic E-state index is 6.07. The molecule has 0 spiro atoms. The molecular formula is C15H26N2OS. The van der Waals surface area contributed by atoms with Gasteiger partial charge in [-0.1, -0.05) is 32.1 Å². The summed E-state index contributed by atoms with van der Waals surface area (Å²) in [6, 6.07) is 0. The summed E-state index contributed by atoms with van der Waals surface area (Å²) in [4.78, 5) is 5.60. The Hall–Kier alpha value is -0.610. The van der Waals surface area contributed by atoms with Crippen molar-refractivity contribution in [3.63, 3.8) is 0 Å². The second-order valence-corrected chi connectivity index (χ2v) is 7.02. The minimum atomic E-state index is 0.438. The minimum Gasteiger partial charge on any atom is -0.373 e.